The number of amides is 1. The molecule has 1 aliphatic rings. The number of rotatable bonds is 6. The lowest BCUT2D eigenvalue weighted by Gasteiger charge is -2.15. The molecule has 1 N–H and O–H groups in total. The summed E-state index contributed by atoms with van der Waals surface area (Å²) in [4.78, 5) is 14.1. The molecule has 1 fully saturated rings. The first-order valence-corrected chi connectivity index (χ1v) is 9.98. The van der Waals surface area contributed by atoms with Crippen LogP contribution in [0.5, 0.6) is 0 Å². The lowest BCUT2D eigenvalue weighted by molar-refractivity contribution is -0.113. The number of benzene rings is 2. The van der Waals surface area contributed by atoms with Gasteiger partial charge in [-0.25, -0.2) is 13.1 Å². The van der Waals surface area contributed by atoms with Gasteiger partial charge in [0.1, 0.15) is 0 Å². The minimum absolute atomic E-state index is 0.0781. The summed E-state index contributed by atoms with van der Waals surface area (Å²) in [5.41, 5.74) is 2.68. The molecule has 1 saturated carbocycles. The maximum atomic E-state index is 12.3. The van der Waals surface area contributed by atoms with Gasteiger partial charge in [0.25, 0.3) is 5.91 Å². The van der Waals surface area contributed by atoms with E-state index in [0.717, 1.165) is 29.7 Å². The molecule has 6 heteroatoms. The molecular weight excluding hydrogens is 348 g/mol. The first kappa shape index (κ1) is 18.4. The Bertz CT molecular complexity index is 930. The van der Waals surface area contributed by atoms with E-state index in [1.807, 2.05) is 31.2 Å². The first-order chi connectivity index (χ1) is 12.3. The molecule has 26 heavy (non-hydrogen) atoms. The SMILES string of the molecule is Cc1cccc(N(C)C(=O)C=Cc2ccc(S(=O)(=O)NC3CC3)cc2)c1. The molecule has 0 spiro atoms. The van der Waals surface area contributed by atoms with E-state index in [1.165, 1.54) is 6.08 Å². The van der Waals surface area contributed by atoms with Crippen molar-refractivity contribution in [3.63, 3.8) is 0 Å². The summed E-state index contributed by atoms with van der Waals surface area (Å²) in [6.07, 6.45) is 4.96. The molecular formula is C20H22N2O3S. The van der Waals surface area contributed by atoms with Crippen molar-refractivity contribution in [1.82, 2.24) is 4.72 Å². The minimum atomic E-state index is -3.45. The third-order valence-corrected chi connectivity index (χ3v) is 5.76. The fourth-order valence-electron chi connectivity index (χ4n) is 2.49. The van der Waals surface area contributed by atoms with Gasteiger partial charge in [0.2, 0.25) is 10.0 Å². The maximum Gasteiger partial charge on any atom is 0.250 e. The molecule has 1 amide bonds. The standard InChI is InChI=1S/C20H22N2O3S/c1-15-4-3-5-18(14-15)22(2)20(23)13-8-16-6-11-19(12-7-16)26(24,25)21-17-9-10-17/h3-8,11-14,17,21H,9-10H2,1-2H3. The molecule has 0 atom stereocenters. The minimum Gasteiger partial charge on any atom is -0.312 e. The number of hydrogen-bond acceptors (Lipinski definition) is 3. The van der Waals surface area contributed by atoms with Crippen LogP contribution in [0.25, 0.3) is 6.08 Å². The van der Waals surface area contributed by atoms with Crippen LogP contribution in [0, 0.1) is 6.92 Å². The molecule has 0 unspecified atom stereocenters. The van der Waals surface area contributed by atoms with E-state index < -0.39 is 10.0 Å². The van der Waals surface area contributed by atoms with Crippen molar-refractivity contribution in [2.24, 2.45) is 0 Å². The van der Waals surface area contributed by atoms with Crippen LogP contribution < -0.4 is 9.62 Å². The van der Waals surface area contributed by atoms with Gasteiger partial charge in [0.05, 0.1) is 4.90 Å². The van der Waals surface area contributed by atoms with E-state index in [0.29, 0.717) is 0 Å². The number of carbonyl (C=O) groups is 1. The molecule has 2 aromatic rings. The van der Waals surface area contributed by atoms with Gasteiger partial charge in [-0.1, -0.05) is 24.3 Å². The van der Waals surface area contributed by atoms with Crippen molar-refractivity contribution in [3.8, 4) is 0 Å². The fraction of sp³-hybridized carbons (Fsp3) is 0.250. The molecule has 5 nitrogen and oxygen atoms in total. The summed E-state index contributed by atoms with van der Waals surface area (Å²) < 4.78 is 26.9. The van der Waals surface area contributed by atoms with Gasteiger partial charge in [-0.3, -0.25) is 4.79 Å². The molecule has 0 aliphatic heterocycles. The zero-order chi connectivity index (χ0) is 18.7. The average Bonchev–Trinajstić information content (AvgIpc) is 3.42. The van der Waals surface area contributed by atoms with Crippen molar-refractivity contribution in [2.45, 2.75) is 30.7 Å². The molecule has 2 aromatic carbocycles. The van der Waals surface area contributed by atoms with Gasteiger partial charge in [0, 0.05) is 24.9 Å². The van der Waals surface area contributed by atoms with Crippen LogP contribution in [0.2, 0.25) is 0 Å². The van der Waals surface area contributed by atoms with Crippen LogP contribution in [0.15, 0.2) is 59.5 Å². The quantitative estimate of drug-likeness (QED) is 0.795. The van der Waals surface area contributed by atoms with E-state index in [2.05, 4.69) is 4.72 Å². The second-order valence-electron chi connectivity index (χ2n) is 6.53. The maximum absolute atomic E-state index is 12.3. The Kier molecular flexibility index (Phi) is 5.25. The lowest BCUT2D eigenvalue weighted by atomic mass is 10.2. The number of nitrogens with one attached hydrogen (secondary N) is 1. The van der Waals surface area contributed by atoms with Gasteiger partial charge >= 0.3 is 0 Å². The summed E-state index contributed by atoms with van der Waals surface area (Å²) in [7, 11) is -1.73. The summed E-state index contributed by atoms with van der Waals surface area (Å²) in [6, 6.07) is 14.3. The van der Waals surface area contributed by atoms with Crippen LogP contribution in [0.4, 0.5) is 5.69 Å². The van der Waals surface area contributed by atoms with Crippen LogP contribution >= 0.6 is 0 Å². The summed E-state index contributed by atoms with van der Waals surface area (Å²) in [5, 5.41) is 0. The Morgan fingerprint density at radius 3 is 2.46 bits per heavy atom. The predicted octanol–water partition coefficient (Wildman–Crippen LogP) is 3.11. The average molecular weight is 370 g/mol. The Morgan fingerprint density at radius 1 is 1.15 bits per heavy atom. The number of anilines is 1. The third kappa shape index (κ3) is 4.59. The second-order valence-corrected chi connectivity index (χ2v) is 8.25. The smallest absolute Gasteiger partial charge is 0.250 e. The number of hydrogen-bond donors (Lipinski definition) is 1. The van der Waals surface area contributed by atoms with Crippen molar-refractivity contribution in [2.75, 3.05) is 11.9 Å². The normalized spacial score (nSPS) is 14.5. The number of carbonyl (C=O) groups excluding carboxylic acids is 1. The largest absolute Gasteiger partial charge is 0.312 e. The zero-order valence-corrected chi connectivity index (χ0v) is 15.7. The highest BCUT2D eigenvalue weighted by Gasteiger charge is 2.27. The summed E-state index contributed by atoms with van der Waals surface area (Å²) >= 11 is 0. The van der Waals surface area contributed by atoms with Crippen LogP contribution in [-0.4, -0.2) is 27.4 Å². The first-order valence-electron chi connectivity index (χ1n) is 8.50. The van der Waals surface area contributed by atoms with Crippen LogP contribution in [0.1, 0.15) is 24.0 Å². The molecule has 0 aromatic heterocycles. The predicted molar refractivity (Wildman–Crippen MR) is 103 cm³/mol. The third-order valence-electron chi connectivity index (χ3n) is 4.23. The van der Waals surface area contributed by atoms with Gasteiger partial charge in [-0.2, -0.15) is 0 Å². The van der Waals surface area contributed by atoms with E-state index >= 15 is 0 Å². The van der Waals surface area contributed by atoms with Crippen LogP contribution in [-0.2, 0) is 14.8 Å². The summed E-state index contributed by atoms with van der Waals surface area (Å²) in [5.74, 6) is -0.150. The van der Waals surface area contributed by atoms with Crippen molar-refractivity contribution >= 4 is 27.7 Å². The van der Waals surface area contributed by atoms with Gasteiger partial charge < -0.3 is 4.90 Å². The molecule has 0 saturated heterocycles. The highest BCUT2D eigenvalue weighted by atomic mass is 32.2. The van der Waals surface area contributed by atoms with Crippen LogP contribution in [0.3, 0.4) is 0 Å². The van der Waals surface area contributed by atoms with Gasteiger partial charge in [-0.15, -0.1) is 0 Å². The fourth-order valence-corrected chi connectivity index (χ4v) is 3.79. The Balaban J connectivity index is 1.67. The van der Waals surface area contributed by atoms with Crippen molar-refractivity contribution in [1.29, 1.82) is 0 Å². The van der Waals surface area contributed by atoms with E-state index in [4.69, 9.17) is 0 Å². The van der Waals surface area contributed by atoms with E-state index in [1.54, 1.807) is 42.3 Å². The number of sulfonamides is 1. The molecule has 0 radical (unpaired) electrons. The van der Waals surface area contributed by atoms with Crippen molar-refractivity contribution in [3.05, 3.63) is 65.7 Å². The molecule has 0 bridgehead atoms. The highest BCUT2D eigenvalue weighted by Crippen LogP contribution is 2.22. The van der Waals surface area contributed by atoms with Gasteiger partial charge in [0.15, 0.2) is 0 Å². The highest BCUT2D eigenvalue weighted by molar-refractivity contribution is 7.89. The molecule has 1 aliphatic carbocycles. The molecule has 3 rings (SSSR count). The van der Waals surface area contributed by atoms with E-state index in [-0.39, 0.29) is 16.8 Å². The van der Waals surface area contributed by atoms with E-state index in [9.17, 15) is 13.2 Å². The number of aryl methyl sites for hydroxylation is 1. The molecule has 0 heterocycles. The Labute approximate surface area is 154 Å². The topological polar surface area (TPSA) is 66.5 Å². The summed E-state index contributed by atoms with van der Waals surface area (Å²) in [6.45, 7) is 1.98. The second kappa shape index (κ2) is 7.43. The number of likely N-dealkylation sites (N-methyl/N-ethyl adjacent to an activating group) is 1. The van der Waals surface area contributed by atoms with Gasteiger partial charge in [-0.05, 0) is 61.2 Å². The Morgan fingerprint density at radius 2 is 1.85 bits per heavy atom. The van der Waals surface area contributed by atoms with Crippen molar-refractivity contribution < 1.29 is 13.2 Å². The molecule has 136 valence electrons. The number of nitrogens with zero attached hydrogens (tertiary/aromatic N) is 1. The Hall–Kier alpha value is -2.44. The lowest BCUT2D eigenvalue weighted by Crippen LogP contribution is -2.25. The monoisotopic (exact) mass is 370 g/mol. The zero-order valence-electron chi connectivity index (χ0n) is 14.8.